The van der Waals surface area contributed by atoms with Gasteiger partial charge in [-0.2, -0.15) is 0 Å². The van der Waals surface area contributed by atoms with Gasteiger partial charge in [0.25, 0.3) is 0 Å². The lowest BCUT2D eigenvalue weighted by Gasteiger charge is -2.33. The number of rotatable bonds is 7. The van der Waals surface area contributed by atoms with E-state index in [1.165, 1.54) is 24.3 Å². The van der Waals surface area contributed by atoms with Crippen molar-refractivity contribution >= 4 is 33.4 Å². The molecule has 1 heterocycles. The Bertz CT molecular complexity index is 1110. The van der Waals surface area contributed by atoms with Crippen LogP contribution in [0.3, 0.4) is 0 Å². The molecule has 2 atom stereocenters. The van der Waals surface area contributed by atoms with Crippen LogP contribution >= 0.6 is 11.6 Å². The van der Waals surface area contributed by atoms with Crippen LogP contribution in [-0.4, -0.2) is 33.6 Å². The van der Waals surface area contributed by atoms with Gasteiger partial charge in [-0.15, -0.1) is 0 Å². The van der Waals surface area contributed by atoms with Gasteiger partial charge < -0.3 is 20.1 Å². The van der Waals surface area contributed by atoms with E-state index in [0.717, 1.165) is 5.41 Å². The van der Waals surface area contributed by atoms with E-state index in [4.69, 9.17) is 21.1 Å². The molecule has 10 heteroatoms. The maximum atomic E-state index is 12.9. The molecule has 2 aromatic carbocycles. The van der Waals surface area contributed by atoms with Gasteiger partial charge in [0.15, 0.2) is 0 Å². The molecule has 0 radical (unpaired) electrons. The van der Waals surface area contributed by atoms with Gasteiger partial charge in [-0.3, -0.25) is 4.79 Å². The van der Waals surface area contributed by atoms with E-state index in [-0.39, 0.29) is 17.2 Å². The van der Waals surface area contributed by atoms with Gasteiger partial charge in [0.1, 0.15) is 11.7 Å². The molecular formula is C22H23ClN2O6S. The van der Waals surface area contributed by atoms with Crippen molar-refractivity contribution in [2.45, 2.75) is 24.8 Å². The highest BCUT2D eigenvalue weighted by Gasteiger charge is 2.40. The summed E-state index contributed by atoms with van der Waals surface area (Å²) >= 11 is 5.84. The fourth-order valence-electron chi connectivity index (χ4n) is 3.32. The summed E-state index contributed by atoms with van der Waals surface area (Å²) in [5, 5.41) is 6.41. The first-order valence-electron chi connectivity index (χ1n) is 9.94. The number of halogens is 1. The molecule has 0 spiro atoms. The van der Waals surface area contributed by atoms with Crippen molar-refractivity contribution < 1.29 is 27.5 Å². The van der Waals surface area contributed by atoms with Crippen molar-refractivity contribution in [2.24, 2.45) is 5.92 Å². The van der Waals surface area contributed by atoms with Gasteiger partial charge in [-0.05, 0) is 55.8 Å². The molecule has 0 aliphatic carbocycles. The Balaban J connectivity index is 2.05. The maximum absolute atomic E-state index is 12.9. The van der Waals surface area contributed by atoms with Crippen LogP contribution < -0.4 is 15.4 Å². The van der Waals surface area contributed by atoms with Gasteiger partial charge >= 0.3 is 12.0 Å². The highest BCUT2D eigenvalue weighted by Crippen LogP contribution is 2.33. The van der Waals surface area contributed by atoms with Crippen LogP contribution in [0.25, 0.3) is 0 Å². The van der Waals surface area contributed by atoms with Gasteiger partial charge in [0, 0.05) is 10.7 Å². The van der Waals surface area contributed by atoms with Crippen molar-refractivity contribution in [2.75, 3.05) is 13.2 Å². The van der Waals surface area contributed by atoms with Crippen molar-refractivity contribution in [3.05, 3.63) is 70.2 Å². The number of hydrogen-bond acceptors (Lipinski definition) is 6. The minimum atomic E-state index is -3.99. The summed E-state index contributed by atoms with van der Waals surface area (Å²) in [7, 11) is -3.99. The number of amides is 2. The standard InChI is InChI=1S/C22H23ClN2O6S/c1-3-30-16-9-5-14(6-10-16)20-19(21(26)31-4-2)18(24-22(27)25-20)13-32(28,29)17-11-7-15(23)8-12-17/h5-13,19-20H,3-4H2,1-2H3,(H2,24,25,27)/b18-13-/t19-,20-/m0/s1. The van der Waals surface area contributed by atoms with Crippen LogP contribution in [0.4, 0.5) is 4.79 Å². The monoisotopic (exact) mass is 478 g/mol. The Labute approximate surface area is 191 Å². The number of ether oxygens (including phenoxy) is 2. The SMILES string of the molecule is CCOC(=O)[C@H]1/C(=C/S(=O)(=O)c2ccc(Cl)cc2)NC(=O)N[C@H]1c1ccc(OCC)cc1. The number of benzene rings is 2. The number of carbonyl (C=O) groups is 2. The van der Waals surface area contributed by atoms with E-state index in [0.29, 0.717) is 22.9 Å². The molecule has 0 unspecified atom stereocenters. The van der Waals surface area contributed by atoms with Gasteiger partial charge in [-0.1, -0.05) is 23.7 Å². The highest BCUT2D eigenvalue weighted by molar-refractivity contribution is 7.94. The largest absolute Gasteiger partial charge is 0.494 e. The average molecular weight is 479 g/mol. The highest BCUT2D eigenvalue weighted by atomic mass is 35.5. The molecule has 2 amide bonds. The zero-order chi connectivity index (χ0) is 23.3. The number of carbonyl (C=O) groups excluding carboxylic acids is 2. The molecule has 2 aromatic rings. The third kappa shape index (κ3) is 5.41. The Morgan fingerprint density at radius 2 is 1.72 bits per heavy atom. The molecule has 1 aliphatic heterocycles. The van der Waals surface area contributed by atoms with Crippen molar-refractivity contribution in [3.8, 4) is 5.75 Å². The summed E-state index contributed by atoms with van der Waals surface area (Å²) < 4.78 is 36.5. The summed E-state index contributed by atoms with van der Waals surface area (Å²) in [6.07, 6.45) is 0. The Kier molecular flexibility index (Phi) is 7.42. The predicted octanol–water partition coefficient (Wildman–Crippen LogP) is 3.59. The first kappa shape index (κ1) is 23.6. The Morgan fingerprint density at radius 3 is 2.31 bits per heavy atom. The summed E-state index contributed by atoms with van der Waals surface area (Å²) in [5.74, 6) is -1.14. The summed E-state index contributed by atoms with van der Waals surface area (Å²) in [6, 6.07) is 10.9. The number of nitrogens with one attached hydrogen (secondary N) is 2. The van der Waals surface area contributed by atoms with E-state index in [1.54, 1.807) is 31.2 Å². The fourth-order valence-corrected chi connectivity index (χ4v) is 4.64. The number of urea groups is 1. The molecule has 0 bridgehead atoms. The lowest BCUT2D eigenvalue weighted by Crippen LogP contribution is -2.51. The van der Waals surface area contributed by atoms with Crippen LogP contribution in [0.1, 0.15) is 25.5 Å². The molecule has 1 saturated heterocycles. The number of sulfone groups is 1. The molecule has 1 fully saturated rings. The normalized spacial score (nSPS) is 19.7. The van der Waals surface area contributed by atoms with Crippen LogP contribution in [0, 0.1) is 5.92 Å². The van der Waals surface area contributed by atoms with Gasteiger partial charge in [0.05, 0.1) is 29.6 Å². The minimum Gasteiger partial charge on any atom is -0.494 e. The van der Waals surface area contributed by atoms with Crippen LogP contribution in [0.2, 0.25) is 5.02 Å². The van der Waals surface area contributed by atoms with E-state index >= 15 is 0 Å². The van der Waals surface area contributed by atoms with Gasteiger partial charge in [0.2, 0.25) is 9.84 Å². The molecule has 0 saturated carbocycles. The Morgan fingerprint density at radius 1 is 1.06 bits per heavy atom. The molecular weight excluding hydrogens is 456 g/mol. The van der Waals surface area contributed by atoms with Crippen LogP contribution in [0.15, 0.2) is 64.5 Å². The zero-order valence-electron chi connectivity index (χ0n) is 17.5. The summed E-state index contributed by atoms with van der Waals surface area (Å²) in [4.78, 5) is 25.2. The molecule has 170 valence electrons. The second kappa shape index (κ2) is 10.1. The lowest BCUT2D eigenvalue weighted by molar-refractivity contribution is -0.147. The van der Waals surface area contributed by atoms with E-state index < -0.39 is 33.8 Å². The van der Waals surface area contributed by atoms with Crippen molar-refractivity contribution in [3.63, 3.8) is 0 Å². The molecule has 2 N–H and O–H groups in total. The third-order valence-corrected chi connectivity index (χ3v) is 6.47. The summed E-state index contributed by atoms with van der Waals surface area (Å²) in [5.41, 5.74) is 0.511. The first-order valence-corrected chi connectivity index (χ1v) is 11.9. The molecule has 1 aliphatic rings. The topological polar surface area (TPSA) is 111 Å². The minimum absolute atomic E-state index is 0.0255. The number of hydrogen-bond donors (Lipinski definition) is 2. The molecule has 8 nitrogen and oxygen atoms in total. The quantitative estimate of drug-likeness (QED) is 0.588. The van der Waals surface area contributed by atoms with Crippen molar-refractivity contribution in [1.82, 2.24) is 10.6 Å². The van der Waals surface area contributed by atoms with E-state index in [2.05, 4.69) is 10.6 Å². The first-order chi connectivity index (χ1) is 15.2. The van der Waals surface area contributed by atoms with Crippen LogP contribution in [-0.2, 0) is 19.4 Å². The van der Waals surface area contributed by atoms with Gasteiger partial charge in [-0.25, -0.2) is 13.2 Å². The smallest absolute Gasteiger partial charge is 0.319 e. The number of esters is 1. The Hall–Kier alpha value is -3.04. The van der Waals surface area contributed by atoms with E-state index in [1.807, 2.05) is 6.92 Å². The second-order valence-electron chi connectivity index (χ2n) is 6.88. The predicted molar refractivity (Wildman–Crippen MR) is 119 cm³/mol. The summed E-state index contributed by atoms with van der Waals surface area (Å²) in [6.45, 7) is 4.09. The average Bonchev–Trinajstić information content (AvgIpc) is 2.74. The maximum Gasteiger partial charge on any atom is 0.319 e. The lowest BCUT2D eigenvalue weighted by atomic mass is 9.89. The zero-order valence-corrected chi connectivity index (χ0v) is 19.1. The molecule has 3 rings (SSSR count). The second-order valence-corrected chi connectivity index (χ2v) is 9.11. The fraction of sp³-hybridized carbons (Fsp3) is 0.273. The third-order valence-electron chi connectivity index (χ3n) is 4.73. The molecule has 0 aromatic heterocycles. The van der Waals surface area contributed by atoms with Crippen molar-refractivity contribution in [1.29, 1.82) is 0 Å². The molecule has 32 heavy (non-hydrogen) atoms. The van der Waals surface area contributed by atoms with E-state index in [9.17, 15) is 18.0 Å². The van der Waals surface area contributed by atoms with Crippen LogP contribution in [0.5, 0.6) is 5.75 Å².